The summed E-state index contributed by atoms with van der Waals surface area (Å²) in [6.45, 7) is 1.86. The van der Waals surface area contributed by atoms with Gasteiger partial charge in [-0.3, -0.25) is 9.78 Å². The van der Waals surface area contributed by atoms with Gasteiger partial charge in [-0.1, -0.05) is 12.1 Å². The maximum atomic E-state index is 13.3. The van der Waals surface area contributed by atoms with Gasteiger partial charge in [0.2, 0.25) is 0 Å². The normalized spacial score (nSPS) is 13.0. The molecule has 1 amide bonds. The lowest BCUT2D eigenvalue weighted by Crippen LogP contribution is -2.38. The third-order valence-electron chi connectivity index (χ3n) is 3.42. The number of nitrogens with zero attached hydrogens (tertiary/aromatic N) is 3. The minimum Gasteiger partial charge on any atom is -0.334 e. The van der Waals surface area contributed by atoms with Gasteiger partial charge < -0.3 is 9.72 Å². The maximum Gasteiger partial charge on any atom is 0.414 e. The van der Waals surface area contributed by atoms with Crippen LogP contribution in [0.2, 0.25) is 0 Å². The number of pyridine rings is 2. The van der Waals surface area contributed by atoms with Gasteiger partial charge in [0.25, 0.3) is 5.91 Å². The molecule has 3 aromatic rings. The van der Waals surface area contributed by atoms with Gasteiger partial charge in [0.15, 0.2) is 6.04 Å². The molecule has 0 bridgehead atoms. The van der Waals surface area contributed by atoms with E-state index >= 15 is 0 Å². The van der Waals surface area contributed by atoms with E-state index in [0.717, 1.165) is 5.56 Å². The molecule has 3 rings (SSSR count). The number of imidazole rings is 1. The van der Waals surface area contributed by atoms with E-state index in [9.17, 15) is 18.0 Å². The standard InChI is InChI=1S/C16H13F3N4O/c1-10-5-6-13-21-12(9-23(13)8-10)15(24)22-14(16(17,18)19)11-4-2-3-7-20-11/h2-9,14H,1H3,(H,22,24)/t14-/m1/s1. The first-order valence-electron chi connectivity index (χ1n) is 7.08. The Morgan fingerprint density at radius 3 is 2.67 bits per heavy atom. The molecule has 1 N–H and O–H groups in total. The molecule has 0 fully saturated rings. The average Bonchev–Trinajstić information content (AvgIpc) is 2.95. The van der Waals surface area contributed by atoms with E-state index in [1.807, 2.05) is 12.2 Å². The first-order chi connectivity index (χ1) is 11.3. The van der Waals surface area contributed by atoms with E-state index < -0.39 is 18.1 Å². The minimum atomic E-state index is -4.67. The molecule has 0 unspecified atom stereocenters. The smallest absolute Gasteiger partial charge is 0.334 e. The van der Waals surface area contributed by atoms with Gasteiger partial charge in [-0.2, -0.15) is 13.2 Å². The van der Waals surface area contributed by atoms with Gasteiger partial charge in [-0.25, -0.2) is 4.98 Å². The summed E-state index contributed by atoms with van der Waals surface area (Å²) < 4.78 is 41.4. The van der Waals surface area contributed by atoms with Crippen molar-refractivity contribution in [3.8, 4) is 0 Å². The summed E-state index contributed by atoms with van der Waals surface area (Å²) in [6.07, 6.45) is -0.295. The van der Waals surface area contributed by atoms with Crippen LogP contribution in [-0.2, 0) is 0 Å². The second-order valence-corrected chi connectivity index (χ2v) is 5.30. The number of carbonyl (C=O) groups excluding carboxylic acids is 1. The Hall–Kier alpha value is -2.90. The molecule has 0 saturated carbocycles. The van der Waals surface area contributed by atoms with Crippen LogP contribution < -0.4 is 5.32 Å². The molecule has 0 aliphatic rings. The van der Waals surface area contributed by atoms with Crippen LogP contribution in [-0.4, -0.2) is 26.5 Å². The number of aromatic nitrogens is 3. The van der Waals surface area contributed by atoms with Gasteiger partial charge in [-0.05, 0) is 30.7 Å². The summed E-state index contributed by atoms with van der Waals surface area (Å²) in [4.78, 5) is 19.9. The third kappa shape index (κ3) is 3.22. The quantitative estimate of drug-likeness (QED) is 0.801. The topological polar surface area (TPSA) is 59.3 Å². The lowest BCUT2D eigenvalue weighted by Gasteiger charge is -2.20. The summed E-state index contributed by atoms with van der Waals surface area (Å²) in [5.74, 6) is -0.913. The Bertz CT molecular complexity index is 874. The monoisotopic (exact) mass is 334 g/mol. The summed E-state index contributed by atoms with van der Waals surface area (Å²) in [6, 6.07) is 5.44. The van der Waals surface area contributed by atoms with Crippen LogP contribution in [0.4, 0.5) is 13.2 Å². The molecule has 5 nitrogen and oxygen atoms in total. The van der Waals surface area contributed by atoms with Crippen molar-refractivity contribution in [2.45, 2.75) is 19.1 Å². The Labute approximate surface area is 135 Å². The number of hydrogen-bond acceptors (Lipinski definition) is 3. The van der Waals surface area contributed by atoms with Crippen molar-refractivity contribution in [2.24, 2.45) is 0 Å². The van der Waals surface area contributed by atoms with Crippen molar-refractivity contribution in [3.05, 3.63) is 65.9 Å². The van der Waals surface area contributed by atoms with Crippen LogP contribution in [0.1, 0.15) is 27.8 Å². The fraction of sp³-hybridized carbons (Fsp3) is 0.188. The molecule has 1 atom stereocenters. The summed E-state index contributed by atoms with van der Waals surface area (Å²) in [7, 11) is 0. The molecule has 3 heterocycles. The van der Waals surface area contributed by atoms with Gasteiger partial charge in [0.05, 0.1) is 5.69 Å². The van der Waals surface area contributed by atoms with Crippen molar-refractivity contribution in [1.82, 2.24) is 19.7 Å². The van der Waals surface area contributed by atoms with Crippen LogP contribution in [0, 0.1) is 6.92 Å². The molecular formula is C16H13F3N4O. The molecule has 24 heavy (non-hydrogen) atoms. The highest BCUT2D eigenvalue weighted by Gasteiger charge is 2.43. The number of halogens is 3. The molecule has 124 valence electrons. The average molecular weight is 334 g/mol. The van der Waals surface area contributed by atoms with E-state index in [1.54, 1.807) is 22.7 Å². The molecular weight excluding hydrogens is 321 g/mol. The van der Waals surface area contributed by atoms with E-state index in [-0.39, 0.29) is 11.4 Å². The predicted octanol–water partition coefficient (Wildman–Crippen LogP) is 3.07. The zero-order valence-electron chi connectivity index (χ0n) is 12.6. The van der Waals surface area contributed by atoms with E-state index in [1.165, 1.54) is 30.6 Å². The highest BCUT2D eigenvalue weighted by Crippen LogP contribution is 2.31. The fourth-order valence-electron chi connectivity index (χ4n) is 2.29. The number of carbonyl (C=O) groups is 1. The van der Waals surface area contributed by atoms with Gasteiger partial charge >= 0.3 is 6.18 Å². The first kappa shape index (κ1) is 16.0. The molecule has 8 heteroatoms. The summed E-state index contributed by atoms with van der Waals surface area (Å²) >= 11 is 0. The van der Waals surface area contributed by atoms with Crippen molar-refractivity contribution < 1.29 is 18.0 Å². The highest BCUT2D eigenvalue weighted by atomic mass is 19.4. The summed E-state index contributed by atoms with van der Waals surface area (Å²) in [5, 5.41) is 1.96. The Balaban J connectivity index is 1.90. The molecule has 0 aliphatic heterocycles. The first-order valence-corrected chi connectivity index (χ1v) is 7.08. The van der Waals surface area contributed by atoms with Gasteiger partial charge in [-0.15, -0.1) is 0 Å². The molecule has 0 aliphatic carbocycles. The number of fused-ring (bicyclic) bond motifs is 1. The van der Waals surface area contributed by atoms with Gasteiger partial charge in [0.1, 0.15) is 11.3 Å². The SMILES string of the molecule is Cc1ccc2nc(C(=O)N[C@H](c3ccccn3)C(F)(F)F)cn2c1. The second kappa shape index (κ2) is 5.95. The van der Waals surface area contributed by atoms with Gasteiger partial charge in [0, 0.05) is 18.6 Å². The number of amides is 1. The highest BCUT2D eigenvalue weighted by molar-refractivity contribution is 5.93. The lowest BCUT2D eigenvalue weighted by atomic mass is 10.1. The van der Waals surface area contributed by atoms with Crippen molar-refractivity contribution in [2.75, 3.05) is 0 Å². The van der Waals surface area contributed by atoms with Crippen LogP contribution in [0.3, 0.4) is 0 Å². The van der Waals surface area contributed by atoms with Crippen LogP contribution in [0.5, 0.6) is 0 Å². The molecule has 0 aromatic carbocycles. The predicted molar refractivity (Wildman–Crippen MR) is 80.4 cm³/mol. The number of hydrogen-bond donors (Lipinski definition) is 1. The summed E-state index contributed by atoms with van der Waals surface area (Å²) in [5.41, 5.74) is 1.05. The number of alkyl halides is 3. The number of rotatable bonds is 3. The molecule has 0 saturated heterocycles. The van der Waals surface area contributed by atoms with E-state index in [2.05, 4.69) is 9.97 Å². The maximum absolute atomic E-state index is 13.3. The zero-order valence-corrected chi connectivity index (χ0v) is 12.6. The largest absolute Gasteiger partial charge is 0.414 e. The molecule has 3 aromatic heterocycles. The molecule has 0 spiro atoms. The van der Waals surface area contributed by atoms with E-state index in [0.29, 0.717) is 5.65 Å². The second-order valence-electron chi connectivity index (χ2n) is 5.30. The van der Waals surface area contributed by atoms with E-state index in [4.69, 9.17) is 0 Å². The van der Waals surface area contributed by atoms with Crippen LogP contribution in [0.25, 0.3) is 5.65 Å². The van der Waals surface area contributed by atoms with Crippen molar-refractivity contribution >= 4 is 11.6 Å². The molecule has 0 radical (unpaired) electrons. The van der Waals surface area contributed by atoms with Crippen LogP contribution in [0.15, 0.2) is 48.9 Å². The Morgan fingerprint density at radius 1 is 1.21 bits per heavy atom. The minimum absolute atomic E-state index is 0.0919. The fourth-order valence-corrected chi connectivity index (χ4v) is 2.29. The van der Waals surface area contributed by atoms with Crippen LogP contribution >= 0.6 is 0 Å². The Morgan fingerprint density at radius 2 is 2.00 bits per heavy atom. The zero-order chi connectivity index (χ0) is 17.3. The lowest BCUT2D eigenvalue weighted by molar-refractivity contribution is -0.156. The van der Waals surface area contributed by atoms with Crippen molar-refractivity contribution in [3.63, 3.8) is 0 Å². The number of aryl methyl sites for hydroxylation is 1. The third-order valence-corrected chi connectivity index (χ3v) is 3.42. The van der Waals surface area contributed by atoms with Crippen molar-refractivity contribution in [1.29, 1.82) is 0 Å². The Kier molecular flexibility index (Phi) is 3.96. The number of nitrogens with one attached hydrogen (secondary N) is 1.